The molecule has 7 heteroatoms. The summed E-state index contributed by atoms with van der Waals surface area (Å²) < 4.78 is 12.3. The third-order valence-corrected chi connectivity index (χ3v) is 5.86. The molecule has 0 unspecified atom stereocenters. The van der Waals surface area contributed by atoms with E-state index in [9.17, 15) is 4.79 Å². The first-order valence-corrected chi connectivity index (χ1v) is 11.0. The summed E-state index contributed by atoms with van der Waals surface area (Å²) in [5, 5.41) is 0.698. The maximum absolute atomic E-state index is 13.1. The van der Waals surface area contributed by atoms with Gasteiger partial charge in [0, 0.05) is 31.2 Å². The van der Waals surface area contributed by atoms with E-state index in [1.807, 2.05) is 48.5 Å². The van der Waals surface area contributed by atoms with Gasteiger partial charge in [0.25, 0.3) is 5.91 Å². The van der Waals surface area contributed by atoms with Gasteiger partial charge in [-0.3, -0.25) is 9.69 Å². The van der Waals surface area contributed by atoms with Crippen LogP contribution in [0.2, 0.25) is 0 Å². The fraction of sp³-hybridized carbons (Fsp3) is 0.304. The number of carbonyl (C=O) groups excluding carboxylic acids is 1. The Morgan fingerprint density at radius 3 is 2.63 bits per heavy atom. The van der Waals surface area contributed by atoms with Crippen LogP contribution in [-0.4, -0.2) is 51.3 Å². The van der Waals surface area contributed by atoms with Crippen molar-refractivity contribution in [1.29, 1.82) is 0 Å². The minimum Gasteiger partial charge on any atom is -0.486 e. The molecule has 1 amide bonds. The smallest absolute Gasteiger partial charge is 0.252 e. The van der Waals surface area contributed by atoms with Crippen molar-refractivity contribution in [1.82, 2.24) is 4.98 Å². The van der Waals surface area contributed by atoms with Crippen LogP contribution in [0.3, 0.4) is 0 Å². The van der Waals surface area contributed by atoms with Crippen LogP contribution in [0.4, 0.5) is 5.13 Å². The molecular weight excluding hydrogens is 398 g/mol. The molecular formula is C23H26N3O3S+. The predicted molar refractivity (Wildman–Crippen MR) is 121 cm³/mol. The average Bonchev–Trinajstić information content (AvgIpc) is 3.16. The van der Waals surface area contributed by atoms with Gasteiger partial charge in [0.2, 0.25) is 0 Å². The van der Waals surface area contributed by atoms with Gasteiger partial charge in [-0.15, -0.1) is 0 Å². The second-order valence-corrected chi connectivity index (χ2v) is 8.51. The van der Waals surface area contributed by atoms with E-state index < -0.39 is 0 Å². The molecule has 0 saturated carbocycles. The van der Waals surface area contributed by atoms with Gasteiger partial charge in [0.05, 0.1) is 30.9 Å². The largest absolute Gasteiger partial charge is 0.486 e. The van der Waals surface area contributed by atoms with E-state index in [0.29, 0.717) is 30.6 Å². The van der Waals surface area contributed by atoms with Gasteiger partial charge in [0.15, 0.2) is 16.6 Å². The highest BCUT2D eigenvalue weighted by Crippen LogP contribution is 2.38. The number of aromatic nitrogens is 1. The Morgan fingerprint density at radius 2 is 1.90 bits per heavy atom. The first-order valence-electron chi connectivity index (χ1n) is 10.1. The number of quaternary nitrogens is 1. The zero-order chi connectivity index (χ0) is 20.9. The molecule has 4 rings (SSSR count). The zero-order valence-corrected chi connectivity index (χ0v) is 18.1. The highest BCUT2D eigenvalue weighted by molar-refractivity contribution is 7.22. The van der Waals surface area contributed by atoms with Crippen LogP contribution in [0.5, 0.6) is 11.5 Å². The molecule has 1 aromatic heterocycles. The van der Waals surface area contributed by atoms with E-state index in [1.165, 1.54) is 16.2 Å². The maximum atomic E-state index is 13.1. The number of thiazole rings is 1. The molecule has 0 atom stereocenters. The lowest BCUT2D eigenvalue weighted by Gasteiger charge is -2.18. The average molecular weight is 425 g/mol. The topological polar surface area (TPSA) is 56.1 Å². The fourth-order valence-electron chi connectivity index (χ4n) is 3.28. The quantitative estimate of drug-likeness (QED) is 0.593. The Bertz CT molecular complexity index is 1000. The number of fused-ring (bicyclic) bond motifs is 2. The lowest BCUT2D eigenvalue weighted by Crippen LogP contribution is -3.05. The number of hydrogen-bond donors (Lipinski definition) is 1. The van der Waals surface area contributed by atoms with Crippen LogP contribution in [-0.2, 0) is 4.79 Å². The molecule has 0 saturated heterocycles. The van der Waals surface area contributed by atoms with E-state index in [2.05, 4.69) is 14.1 Å². The van der Waals surface area contributed by atoms with Crippen LogP contribution in [0, 0.1) is 0 Å². The Balaban J connectivity index is 1.61. The SMILES string of the molecule is C[NH+](C)CCCN(C(=O)/C=C/c1ccccc1)c1nc2cc3c(cc2s1)OCCO3. The second-order valence-electron chi connectivity index (χ2n) is 7.50. The van der Waals surface area contributed by atoms with Crippen LogP contribution in [0.25, 0.3) is 16.3 Å². The Hall–Kier alpha value is -2.90. The number of anilines is 1. The van der Waals surface area contributed by atoms with Crippen molar-refractivity contribution in [3.63, 3.8) is 0 Å². The molecule has 156 valence electrons. The number of rotatable bonds is 7. The first kappa shape index (κ1) is 20.4. The normalized spacial score (nSPS) is 13.3. The summed E-state index contributed by atoms with van der Waals surface area (Å²) in [5.41, 5.74) is 1.82. The van der Waals surface area contributed by atoms with Crippen LogP contribution < -0.4 is 19.3 Å². The number of benzene rings is 2. The van der Waals surface area contributed by atoms with Crippen molar-refractivity contribution in [2.75, 3.05) is 45.3 Å². The molecule has 0 spiro atoms. The van der Waals surface area contributed by atoms with Crippen molar-refractivity contribution in [3.8, 4) is 11.5 Å². The summed E-state index contributed by atoms with van der Waals surface area (Å²) in [6.07, 6.45) is 4.37. The number of nitrogens with one attached hydrogen (secondary N) is 1. The monoisotopic (exact) mass is 424 g/mol. The number of amides is 1. The van der Waals surface area contributed by atoms with E-state index in [-0.39, 0.29) is 5.91 Å². The summed E-state index contributed by atoms with van der Waals surface area (Å²) in [4.78, 5) is 20.9. The molecule has 1 N–H and O–H groups in total. The number of carbonyl (C=O) groups is 1. The Labute approximate surface area is 180 Å². The van der Waals surface area contributed by atoms with Gasteiger partial charge in [-0.05, 0) is 11.6 Å². The molecule has 3 aromatic rings. The lowest BCUT2D eigenvalue weighted by atomic mass is 10.2. The predicted octanol–water partition coefficient (Wildman–Crippen LogP) is 2.65. The lowest BCUT2D eigenvalue weighted by molar-refractivity contribution is -0.858. The van der Waals surface area contributed by atoms with Gasteiger partial charge < -0.3 is 14.4 Å². The molecule has 1 aliphatic rings. The van der Waals surface area contributed by atoms with Crippen LogP contribution in [0.1, 0.15) is 12.0 Å². The van der Waals surface area contributed by atoms with Gasteiger partial charge in [0.1, 0.15) is 13.2 Å². The van der Waals surface area contributed by atoms with Crippen LogP contribution >= 0.6 is 11.3 Å². The van der Waals surface area contributed by atoms with E-state index >= 15 is 0 Å². The van der Waals surface area contributed by atoms with Gasteiger partial charge >= 0.3 is 0 Å². The Kier molecular flexibility index (Phi) is 6.30. The second kappa shape index (κ2) is 9.28. The van der Waals surface area contributed by atoms with E-state index in [4.69, 9.17) is 14.5 Å². The van der Waals surface area contributed by atoms with Crippen molar-refractivity contribution in [3.05, 3.63) is 54.1 Å². The molecule has 0 bridgehead atoms. The maximum Gasteiger partial charge on any atom is 0.252 e. The van der Waals surface area contributed by atoms with E-state index in [0.717, 1.165) is 34.5 Å². The van der Waals surface area contributed by atoms with Crippen molar-refractivity contribution >= 4 is 38.7 Å². The summed E-state index contributed by atoms with van der Waals surface area (Å²) in [7, 11) is 4.23. The standard InChI is InChI=1S/C23H25N3O3S/c1-25(2)11-6-12-26(22(27)10-9-17-7-4-3-5-8-17)23-24-18-15-19-20(16-21(18)30-23)29-14-13-28-19/h3-5,7-10,15-16H,6,11-14H2,1-2H3/p+1/b10-9+. The van der Waals surface area contributed by atoms with Gasteiger partial charge in [-0.1, -0.05) is 41.7 Å². The minimum absolute atomic E-state index is 0.0658. The van der Waals surface area contributed by atoms with E-state index in [1.54, 1.807) is 11.0 Å². The number of ether oxygens (including phenoxy) is 2. The minimum atomic E-state index is -0.0658. The molecule has 2 aromatic carbocycles. The van der Waals surface area contributed by atoms with Crippen LogP contribution in [0.15, 0.2) is 48.5 Å². The fourth-order valence-corrected chi connectivity index (χ4v) is 4.29. The highest BCUT2D eigenvalue weighted by Gasteiger charge is 2.20. The van der Waals surface area contributed by atoms with Crippen molar-refractivity contribution < 1.29 is 19.2 Å². The summed E-state index contributed by atoms with van der Waals surface area (Å²) in [6.45, 7) is 2.69. The van der Waals surface area contributed by atoms with Crippen molar-refractivity contribution in [2.24, 2.45) is 0 Å². The molecule has 0 aliphatic carbocycles. The third kappa shape index (κ3) is 4.80. The Morgan fingerprint density at radius 1 is 1.17 bits per heavy atom. The summed E-state index contributed by atoms with van der Waals surface area (Å²) in [6, 6.07) is 13.7. The summed E-state index contributed by atoms with van der Waals surface area (Å²) >= 11 is 1.50. The van der Waals surface area contributed by atoms with Gasteiger partial charge in [-0.25, -0.2) is 4.98 Å². The van der Waals surface area contributed by atoms with Gasteiger partial charge in [-0.2, -0.15) is 0 Å². The molecule has 2 heterocycles. The molecule has 6 nitrogen and oxygen atoms in total. The highest BCUT2D eigenvalue weighted by atomic mass is 32.1. The molecule has 30 heavy (non-hydrogen) atoms. The number of nitrogens with zero attached hydrogens (tertiary/aromatic N) is 2. The molecule has 1 aliphatic heterocycles. The molecule has 0 fully saturated rings. The van der Waals surface area contributed by atoms with Crippen molar-refractivity contribution in [2.45, 2.75) is 6.42 Å². The third-order valence-electron chi connectivity index (χ3n) is 4.81. The number of hydrogen-bond acceptors (Lipinski definition) is 5. The first-order chi connectivity index (χ1) is 14.6. The molecule has 0 radical (unpaired) electrons. The summed E-state index contributed by atoms with van der Waals surface area (Å²) in [5.74, 6) is 1.38. The zero-order valence-electron chi connectivity index (χ0n) is 17.3.